The third-order valence-corrected chi connectivity index (χ3v) is 5.85. The van der Waals surface area contributed by atoms with Crippen LogP contribution in [0.25, 0.3) is 0 Å². The van der Waals surface area contributed by atoms with Crippen LogP contribution in [0.3, 0.4) is 0 Å². The van der Waals surface area contributed by atoms with Crippen LogP contribution in [-0.2, 0) is 0 Å². The summed E-state index contributed by atoms with van der Waals surface area (Å²) in [5.74, 6) is 1.73. The normalized spacial score (nSPS) is 38.9. The second-order valence-electron chi connectivity index (χ2n) is 8.16. The molecule has 4 atom stereocenters. The van der Waals surface area contributed by atoms with Crippen molar-refractivity contribution in [3.05, 3.63) is 0 Å². The Balaban J connectivity index is 2.01. The van der Waals surface area contributed by atoms with Gasteiger partial charge in [0, 0.05) is 25.2 Å². The zero-order valence-electron chi connectivity index (χ0n) is 14.4. The van der Waals surface area contributed by atoms with Crippen LogP contribution in [0, 0.1) is 17.3 Å². The number of piperidine rings is 1. The number of hydrogen-bond acceptors (Lipinski definition) is 2. The predicted octanol–water partition coefficient (Wildman–Crippen LogP) is 3.91. The molecule has 0 bridgehead atoms. The monoisotopic (exact) mass is 280 g/mol. The minimum Gasteiger partial charge on any atom is -0.313 e. The molecule has 0 spiro atoms. The Hall–Kier alpha value is -0.0800. The van der Waals surface area contributed by atoms with E-state index in [0.29, 0.717) is 11.5 Å². The molecule has 2 fully saturated rings. The average molecular weight is 280 g/mol. The van der Waals surface area contributed by atoms with Crippen LogP contribution in [0.4, 0.5) is 0 Å². The summed E-state index contributed by atoms with van der Waals surface area (Å²) in [6.07, 6.45) is 7.02. The number of nitrogens with zero attached hydrogens (tertiary/aromatic N) is 1. The summed E-state index contributed by atoms with van der Waals surface area (Å²) in [6.45, 7) is 15.8. The van der Waals surface area contributed by atoms with Crippen molar-refractivity contribution in [2.45, 2.75) is 78.8 Å². The van der Waals surface area contributed by atoms with Crippen molar-refractivity contribution >= 4 is 0 Å². The Labute approximate surface area is 126 Å². The molecule has 1 aliphatic heterocycles. The van der Waals surface area contributed by atoms with Crippen LogP contribution in [0.5, 0.6) is 0 Å². The fourth-order valence-electron chi connectivity index (χ4n) is 4.58. The predicted molar refractivity (Wildman–Crippen MR) is 88.0 cm³/mol. The molecule has 4 unspecified atom stereocenters. The van der Waals surface area contributed by atoms with Gasteiger partial charge in [-0.25, -0.2) is 0 Å². The van der Waals surface area contributed by atoms with Gasteiger partial charge >= 0.3 is 0 Å². The summed E-state index contributed by atoms with van der Waals surface area (Å²) in [5, 5.41) is 3.81. The van der Waals surface area contributed by atoms with Gasteiger partial charge in [-0.2, -0.15) is 0 Å². The summed E-state index contributed by atoms with van der Waals surface area (Å²) in [6, 6.07) is 1.49. The molecular formula is C18H36N2. The Kier molecular flexibility index (Phi) is 5.53. The smallest absolute Gasteiger partial charge is 0.0159 e. The highest BCUT2D eigenvalue weighted by Gasteiger charge is 2.39. The van der Waals surface area contributed by atoms with Crippen LogP contribution in [0.1, 0.15) is 66.7 Å². The van der Waals surface area contributed by atoms with Crippen molar-refractivity contribution in [2.75, 3.05) is 19.6 Å². The van der Waals surface area contributed by atoms with Gasteiger partial charge in [-0.3, -0.25) is 0 Å². The van der Waals surface area contributed by atoms with Crippen LogP contribution < -0.4 is 5.32 Å². The van der Waals surface area contributed by atoms with Gasteiger partial charge in [0.25, 0.3) is 0 Å². The zero-order chi connectivity index (χ0) is 14.8. The van der Waals surface area contributed by atoms with E-state index >= 15 is 0 Å². The molecule has 20 heavy (non-hydrogen) atoms. The molecule has 0 aromatic heterocycles. The molecule has 1 saturated heterocycles. The first-order valence-corrected chi connectivity index (χ1v) is 8.91. The molecule has 0 radical (unpaired) electrons. The molecule has 0 aromatic carbocycles. The standard InChI is InChI=1S/C18H36N2/c1-6-19-17-16(8-7-11-18(17,4)5)13-20-12-14(2)9-10-15(20)3/h14-17,19H,6-13H2,1-5H3. The van der Waals surface area contributed by atoms with E-state index in [0.717, 1.165) is 24.4 Å². The second-order valence-corrected chi connectivity index (χ2v) is 8.16. The molecule has 2 aliphatic rings. The van der Waals surface area contributed by atoms with Gasteiger partial charge < -0.3 is 10.2 Å². The van der Waals surface area contributed by atoms with Gasteiger partial charge in [0.05, 0.1) is 0 Å². The van der Waals surface area contributed by atoms with Crippen LogP contribution >= 0.6 is 0 Å². The molecule has 1 N–H and O–H groups in total. The average Bonchev–Trinajstić information content (AvgIpc) is 2.38. The third kappa shape index (κ3) is 3.76. The minimum atomic E-state index is 0.462. The molecule has 1 aliphatic carbocycles. The SMILES string of the molecule is CCNC1C(CN2CC(C)CCC2C)CCCC1(C)C. The van der Waals surface area contributed by atoms with Crippen LogP contribution in [0.2, 0.25) is 0 Å². The topological polar surface area (TPSA) is 15.3 Å². The van der Waals surface area contributed by atoms with Crippen LogP contribution in [0.15, 0.2) is 0 Å². The van der Waals surface area contributed by atoms with Crippen LogP contribution in [-0.4, -0.2) is 36.6 Å². The first-order chi connectivity index (χ1) is 9.44. The Morgan fingerprint density at radius 1 is 1.15 bits per heavy atom. The van der Waals surface area contributed by atoms with E-state index in [1.165, 1.54) is 45.2 Å². The van der Waals surface area contributed by atoms with Crippen molar-refractivity contribution in [3.8, 4) is 0 Å². The van der Waals surface area contributed by atoms with Gasteiger partial charge in [0.2, 0.25) is 0 Å². The van der Waals surface area contributed by atoms with Gasteiger partial charge in [-0.15, -0.1) is 0 Å². The van der Waals surface area contributed by atoms with Crippen molar-refractivity contribution in [1.29, 1.82) is 0 Å². The van der Waals surface area contributed by atoms with E-state index in [-0.39, 0.29) is 0 Å². The van der Waals surface area contributed by atoms with Gasteiger partial charge in [-0.05, 0) is 56.4 Å². The van der Waals surface area contributed by atoms with Gasteiger partial charge in [0.15, 0.2) is 0 Å². The largest absolute Gasteiger partial charge is 0.313 e. The first kappa shape index (κ1) is 16.3. The molecule has 1 heterocycles. The van der Waals surface area contributed by atoms with Crippen molar-refractivity contribution in [1.82, 2.24) is 10.2 Å². The molecule has 2 rings (SSSR count). The van der Waals surface area contributed by atoms with Gasteiger partial charge in [0.1, 0.15) is 0 Å². The molecule has 2 nitrogen and oxygen atoms in total. The highest BCUT2D eigenvalue weighted by Crippen LogP contribution is 2.40. The lowest BCUT2D eigenvalue weighted by molar-refractivity contribution is 0.0458. The lowest BCUT2D eigenvalue weighted by Gasteiger charge is -2.48. The second kappa shape index (κ2) is 6.79. The maximum absolute atomic E-state index is 3.81. The lowest BCUT2D eigenvalue weighted by Crippen LogP contribution is -2.54. The van der Waals surface area contributed by atoms with Gasteiger partial charge in [-0.1, -0.05) is 34.1 Å². The summed E-state index contributed by atoms with van der Waals surface area (Å²) in [5.41, 5.74) is 0.462. The molecule has 118 valence electrons. The highest BCUT2D eigenvalue weighted by molar-refractivity contribution is 4.95. The summed E-state index contributed by atoms with van der Waals surface area (Å²) < 4.78 is 0. The highest BCUT2D eigenvalue weighted by atomic mass is 15.2. The van der Waals surface area contributed by atoms with E-state index in [1.807, 2.05) is 0 Å². The lowest BCUT2D eigenvalue weighted by atomic mass is 9.67. The Morgan fingerprint density at radius 3 is 2.60 bits per heavy atom. The van der Waals surface area contributed by atoms with Crippen molar-refractivity contribution in [2.24, 2.45) is 17.3 Å². The fourth-order valence-corrected chi connectivity index (χ4v) is 4.58. The van der Waals surface area contributed by atoms with E-state index < -0.39 is 0 Å². The number of rotatable bonds is 4. The van der Waals surface area contributed by atoms with Crippen molar-refractivity contribution in [3.63, 3.8) is 0 Å². The first-order valence-electron chi connectivity index (χ1n) is 8.91. The number of likely N-dealkylation sites (tertiary alicyclic amines) is 1. The maximum atomic E-state index is 3.81. The zero-order valence-corrected chi connectivity index (χ0v) is 14.4. The maximum Gasteiger partial charge on any atom is 0.0159 e. The molecular weight excluding hydrogens is 244 g/mol. The third-order valence-electron chi connectivity index (χ3n) is 5.85. The number of hydrogen-bond donors (Lipinski definition) is 1. The fraction of sp³-hybridized carbons (Fsp3) is 1.00. The van der Waals surface area contributed by atoms with E-state index in [1.54, 1.807) is 0 Å². The summed E-state index contributed by atoms with van der Waals surface area (Å²) in [7, 11) is 0. The molecule has 1 saturated carbocycles. The van der Waals surface area contributed by atoms with E-state index in [4.69, 9.17) is 0 Å². The summed E-state index contributed by atoms with van der Waals surface area (Å²) in [4.78, 5) is 2.78. The molecule has 2 heteroatoms. The molecule has 0 amide bonds. The summed E-state index contributed by atoms with van der Waals surface area (Å²) >= 11 is 0. The minimum absolute atomic E-state index is 0.462. The quantitative estimate of drug-likeness (QED) is 0.840. The Morgan fingerprint density at radius 2 is 1.90 bits per heavy atom. The number of nitrogens with one attached hydrogen (secondary N) is 1. The van der Waals surface area contributed by atoms with E-state index in [9.17, 15) is 0 Å². The Bertz CT molecular complexity index is 300. The van der Waals surface area contributed by atoms with Crippen molar-refractivity contribution < 1.29 is 0 Å². The molecule has 0 aromatic rings. The van der Waals surface area contributed by atoms with E-state index in [2.05, 4.69) is 44.8 Å².